The van der Waals surface area contributed by atoms with Crippen LogP contribution in [0.15, 0.2) is 42.9 Å². The van der Waals surface area contributed by atoms with Crippen molar-refractivity contribution in [1.29, 1.82) is 0 Å². The zero-order chi connectivity index (χ0) is 29.4. The van der Waals surface area contributed by atoms with Gasteiger partial charge in [0.2, 0.25) is 5.13 Å². The predicted molar refractivity (Wildman–Crippen MR) is 160 cm³/mol. The fourth-order valence-corrected chi connectivity index (χ4v) is 5.55. The second kappa shape index (κ2) is 11.0. The van der Waals surface area contributed by atoms with E-state index < -0.39 is 0 Å². The number of thiazole rings is 2. The van der Waals surface area contributed by atoms with Crippen molar-refractivity contribution in [2.24, 2.45) is 0 Å². The number of anilines is 4. The Bertz CT molecular complexity index is 1800. The summed E-state index contributed by atoms with van der Waals surface area (Å²) in [6, 6.07) is 6.67. The third-order valence-electron chi connectivity index (χ3n) is 6.53. The van der Waals surface area contributed by atoms with E-state index in [0.29, 0.717) is 48.3 Å². The number of benzene rings is 2. The maximum Gasteiger partial charge on any atom is 0.267 e. The second-order valence-electron chi connectivity index (χ2n) is 9.48. The minimum absolute atomic E-state index is 0.109. The van der Waals surface area contributed by atoms with Crippen molar-refractivity contribution in [2.45, 2.75) is 34.6 Å². The molecule has 0 bridgehead atoms. The quantitative estimate of drug-likeness (QED) is 0.155. The van der Waals surface area contributed by atoms with Crippen LogP contribution in [0.5, 0.6) is 11.5 Å². The van der Waals surface area contributed by atoms with Crippen LogP contribution in [0.4, 0.5) is 22.3 Å². The molecule has 0 saturated heterocycles. The largest absolute Gasteiger partial charge is 0.508 e. The summed E-state index contributed by atoms with van der Waals surface area (Å²) >= 11 is 2.34. The number of hydrogen-bond donors (Lipinski definition) is 5. The van der Waals surface area contributed by atoms with Crippen molar-refractivity contribution in [3.8, 4) is 16.6 Å². The number of nitrogens with one attached hydrogen (secondary N) is 3. The molecule has 0 spiro atoms. The fourth-order valence-electron chi connectivity index (χ4n) is 4.10. The van der Waals surface area contributed by atoms with Gasteiger partial charge in [-0.3, -0.25) is 9.59 Å². The molecule has 11 nitrogen and oxygen atoms in total. The molecule has 0 aliphatic carbocycles. The zero-order valence-electron chi connectivity index (χ0n) is 22.9. The van der Waals surface area contributed by atoms with Gasteiger partial charge in [-0.2, -0.15) is 0 Å². The highest BCUT2D eigenvalue weighted by atomic mass is 32.1. The van der Waals surface area contributed by atoms with Crippen LogP contribution in [0.25, 0.3) is 5.13 Å². The lowest BCUT2D eigenvalue weighted by Crippen LogP contribution is -2.12. The highest BCUT2D eigenvalue weighted by molar-refractivity contribution is 7.17. The highest BCUT2D eigenvalue weighted by Gasteiger charge is 2.19. The van der Waals surface area contributed by atoms with Crippen LogP contribution < -0.4 is 16.0 Å². The lowest BCUT2D eigenvalue weighted by Gasteiger charge is -2.11. The molecule has 2 amide bonds. The van der Waals surface area contributed by atoms with E-state index in [0.717, 1.165) is 16.7 Å². The van der Waals surface area contributed by atoms with Crippen molar-refractivity contribution >= 4 is 56.8 Å². The summed E-state index contributed by atoms with van der Waals surface area (Å²) in [4.78, 5) is 35.2. The maximum absolute atomic E-state index is 12.9. The molecule has 0 aliphatic rings. The first-order valence-electron chi connectivity index (χ1n) is 12.5. The monoisotopic (exact) mass is 589 g/mol. The van der Waals surface area contributed by atoms with Crippen molar-refractivity contribution in [3.63, 3.8) is 0 Å². The predicted octanol–water partition coefficient (Wildman–Crippen LogP) is 5.99. The van der Waals surface area contributed by atoms with E-state index in [2.05, 4.69) is 31.0 Å². The first kappa shape index (κ1) is 27.8. The standard InChI is InChI=1S/C28H27N7O4S2/c1-13-6-8-18(36)16(4)22(13)31-25(38)20-10-29-27(40-20)33-24-15(3)12-35(34-24)28-30-11-21(41-28)26(39)32-23-14(2)7-9-19(37)17(23)5/h6-12,36-37H,1-5H3,(H,31,38)(H,32,39)(H,29,33,34). The zero-order valence-corrected chi connectivity index (χ0v) is 24.5. The van der Waals surface area contributed by atoms with E-state index in [1.165, 1.54) is 35.1 Å². The summed E-state index contributed by atoms with van der Waals surface area (Å²) in [5.41, 5.74) is 4.80. The molecular weight excluding hydrogens is 562 g/mol. The van der Waals surface area contributed by atoms with E-state index in [-0.39, 0.29) is 23.3 Å². The summed E-state index contributed by atoms with van der Waals surface area (Å²) in [6.07, 6.45) is 4.74. The number of rotatable bonds is 7. The van der Waals surface area contributed by atoms with E-state index in [9.17, 15) is 19.8 Å². The third-order valence-corrected chi connectivity index (χ3v) is 8.43. The number of aromatic hydroxyl groups is 2. The Morgan fingerprint density at radius 1 is 0.756 bits per heavy atom. The third kappa shape index (κ3) is 5.62. The molecule has 5 rings (SSSR count). The van der Waals surface area contributed by atoms with Gasteiger partial charge in [0.25, 0.3) is 11.8 Å². The van der Waals surface area contributed by atoms with Gasteiger partial charge in [0.05, 0.1) is 23.8 Å². The molecule has 0 saturated carbocycles. The van der Waals surface area contributed by atoms with Gasteiger partial charge in [-0.15, -0.1) is 5.10 Å². The number of phenols is 2. The topological polar surface area (TPSA) is 154 Å². The number of phenolic OH excluding ortho intramolecular Hbond substituents is 2. The van der Waals surface area contributed by atoms with Crippen LogP contribution in [0.3, 0.4) is 0 Å². The van der Waals surface area contributed by atoms with Crippen molar-refractivity contribution < 1.29 is 19.8 Å². The SMILES string of the molecule is Cc1cn(-c2ncc(C(=O)Nc3c(C)ccc(O)c3C)s2)nc1Nc1ncc(C(=O)Nc2c(C)ccc(O)c2C)s1. The normalized spacial score (nSPS) is 11.0. The summed E-state index contributed by atoms with van der Waals surface area (Å²) < 4.78 is 1.57. The van der Waals surface area contributed by atoms with Gasteiger partial charge in [0, 0.05) is 22.9 Å². The Balaban J connectivity index is 1.28. The van der Waals surface area contributed by atoms with E-state index in [4.69, 9.17) is 0 Å². The average Bonchev–Trinajstić information content (AvgIpc) is 3.70. The molecule has 0 radical (unpaired) electrons. The molecule has 0 atom stereocenters. The van der Waals surface area contributed by atoms with Gasteiger partial charge in [-0.1, -0.05) is 34.8 Å². The molecule has 2 aromatic carbocycles. The highest BCUT2D eigenvalue weighted by Crippen LogP contribution is 2.31. The molecule has 5 aromatic rings. The number of nitrogens with zero attached hydrogens (tertiary/aromatic N) is 4. The average molecular weight is 590 g/mol. The Labute approximate surface area is 243 Å². The molecule has 0 unspecified atom stereocenters. The van der Waals surface area contributed by atoms with Gasteiger partial charge >= 0.3 is 0 Å². The van der Waals surface area contributed by atoms with Crippen LogP contribution in [-0.2, 0) is 0 Å². The maximum atomic E-state index is 12.9. The van der Waals surface area contributed by atoms with Gasteiger partial charge < -0.3 is 26.2 Å². The fraction of sp³-hybridized carbons (Fsp3) is 0.179. The molecule has 3 heterocycles. The number of aryl methyl sites for hydroxylation is 3. The lowest BCUT2D eigenvalue weighted by molar-refractivity contribution is 0.102. The van der Waals surface area contributed by atoms with Gasteiger partial charge in [0.15, 0.2) is 10.9 Å². The van der Waals surface area contributed by atoms with Crippen molar-refractivity contribution in [3.05, 3.63) is 80.4 Å². The van der Waals surface area contributed by atoms with Crippen LogP contribution >= 0.6 is 22.7 Å². The van der Waals surface area contributed by atoms with Gasteiger partial charge in [-0.05, 0) is 57.9 Å². The van der Waals surface area contributed by atoms with E-state index in [1.54, 1.807) is 49.0 Å². The lowest BCUT2D eigenvalue weighted by atomic mass is 10.1. The molecule has 3 aromatic heterocycles. The second-order valence-corrected chi connectivity index (χ2v) is 11.5. The van der Waals surface area contributed by atoms with Gasteiger partial charge in [0.1, 0.15) is 21.3 Å². The van der Waals surface area contributed by atoms with Crippen LogP contribution in [0.1, 0.15) is 47.2 Å². The van der Waals surface area contributed by atoms with Crippen LogP contribution in [0.2, 0.25) is 0 Å². The van der Waals surface area contributed by atoms with Crippen molar-refractivity contribution in [2.75, 3.05) is 16.0 Å². The van der Waals surface area contributed by atoms with E-state index >= 15 is 0 Å². The van der Waals surface area contributed by atoms with Gasteiger partial charge in [-0.25, -0.2) is 14.6 Å². The summed E-state index contributed by atoms with van der Waals surface area (Å²) in [6.45, 7) is 9.07. The Hall–Kier alpha value is -4.75. The molecule has 0 fully saturated rings. The minimum Gasteiger partial charge on any atom is -0.508 e. The number of carbonyl (C=O) groups is 2. The molecule has 5 N–H and O–H groups in total. The summed E-state index contributed by atoms with van der Waals surface area (Å²) in [5.74, 6) is 0.0748. The Kier molecular flexibility index (Phi) is 7.47. The Morgan fingerprint density at radius 3 is 1.88 bits per heavy atom. The molecule has 0 aliphatic heterocycles. The number of aromatic nitrogens is 4. The molecule has 41 heavy (non-hydrogen) atoms. The summed E-state index contributed by atoms with van der Waals surface area (Å²) in [5, 5.41) is 34.4. The van der Waals surface area contributed by atoms with E-state index in [1.807, 2.05) is 20.8 Å². The number of amides is 2. The van der Waals surface area contributed by atoms with Crippen LogP contribution in [-0.4, -0.2) is 41.8 Å². The number of hydrogen-bond acceptors (Lipinski definition) is 10. The molecule has 210 valence electrons. The first-order chi connectivity index (χ1) is 19.5. The smallest absolute Gasteiger partial charge is 0.267 e. The molecular formula is C28H27N7O4S2. The van der Waals surface area contributed by atoms with Crippen LogP contribution in [0, 0.1) is 34.6 Å². The number of carbonyl (C=O) groups excluding carboxylic acids is 2. The molecule has 13 heteroatoms. The Morgan fingerprint density at radius 2 is 1.29 bits per heavy atom. The van der Waals surface area contributed by atoms with Crippen molar-refractivity contribution in [1.82, 2.24) is 19.7 Å². The summed E-state index contributed by atoms with van der Waals surface area (Å²) in [7, 11) is 0. The minimum atomic E-state index is -0.336. The first-order valence-corrected chi connectivity index (χ1v) is 14.1.